The molecule has 33 heavy (non-hydrogen) atoms. The number of aliphatic hydroxyl groups is 1. The zero-order valence-corrected chi connectivity index (χ0v) is 18.0. The van der Waals surface area contributed by atoms with E-state index in [0.717, 1.165) is 0 Å². The number of esters is 1. The van der Waals surface area contributed by atoms with Gasteiger partial charge >= 0.3 is 5.97 Å². The van der Waals surface area contributed by atoms with E-state index in [1.165, 1.54) is 7.11 Å². The second-order valence-corrected chi connectivity index (χ2v) is 7.21. The van der Waals surface area contributed by atoms with Crippen molar-refractivity contribution >= 4 is 34.2 Å². The highest BCUT2D eigenvalue weighted by molar-refractivity contribution is 6.06. The number of fused-ring (bicyclic) bond motifs is 1. The highest BCUT2D eigenvalue weighted by Gasteiger charge is 2.17. The van der Waals surface area contributed by atoms with Crippen molar-refractivity contribution in [2.24, 2.45) is 4.99 Å². The second-order valence-electron chi connectivity index (χ2n) is 7.21. The zero-order chi connectivity index (χ0) is 23.4. The van der Waals surface area contributed by atoms with Crippen LogP contribution in [0.2, 0.25) is 0 Å². The Morgan fingerprint density at radius 3 is 2.52 bits per heavy atom. The minimum Gasteiger partial charge on any atom is -0.465 e. The lowest BCUT2D eigenvalue weighted by Crippen LogP contribution is -2.22. The van der Waals surface area contributed by atoms with Crippen LogP contribution in [0, 0.1) is 6.92 Å². The summed E-state index contributed by atoms with van der Waals surface area (Å²) < 4.78 is 10.7. The fourth-order valence-electron chi connectivity index (χ4n) is 3.29. The average molecular weight is 443 g/mol. The number of anilines is 1. The Balaban J connectivity index is 1.82. The number of amides is 1. The molecule has 8 heteroatoms. The number of para-hydroxylation sites is 1. The molecule has 0 bridgehead atoms. The minimum absolute atomic E-state index is 0.109. The van der Waals surface area contributed by atoms with Gasteiger partial charge < -0.3 is 19.6 Å². The van der Waals surface area contributed by atoms with Crippen molar-refractivity contribution in [3.05, 3.63) is 94.8 Å². The number of hydrogen-bond acceptors (Lipinski definition) is 7. The molecule has 4 aromatic rings. The SMILES string of the molecule is COC(=O)c1ccc(NC(=O)c2cc3c(CO)cnc(C)c3oc2=Nc2ccccc2)cc1. The van der Waals surface area contributed by atoms with Gasteiger partial charge in [0.1, 0.15) is 5.56 Å². The van der Waals surface area contributed by atoms with Gasteiger partial charge in [-0.1, -0.05) is 18.2 Å². The third-order valence-corrected chi connectivity index (χ3v) is 5.02. The molecule has 0 aliphatic rings. The molecular formula is C25H21N3O5. The van der Waals surface area contributed by atoms with Crippen LogP contribution in [0.1, 0.15) is 32.0 Å². The van der Waals surface area contributed by atoms with Crippen LogP contribution in [0.15, 0.2) is 76.3 Å². The minimum atomic E-state index is -0.467. The largest absolute Gasteiger partial charge is 0.465 e. The van der Waals surface area contributed by atoms with Crippen LogP contribution >= 0.6 is 0 Å². The van der Waals surface area contributed by atoms with E-state index < -0.39 is 11.9 Å². The highest BCUT2D eigenvalue weighted by Crippen LogP contribution is 2.22. The van der Waals surface area contributed by atoms with Crippen molar-refractivity contribution in [1.29, 1.82) is 0 Å². The van der Waals surface area contributed by atoms with Crippen LogP contribution in [-0.4, -0.2) is 29.1 Å². The topological polar surface area (TPSA) is 114 Å². The lowest BCUT2D eigenvalue weighted by atomic mass is 10.1. The molecule has 1 amide bonds. The number of aryl methyl sites for hydroxylation is 1. The van der Waals surface area contributed by atoms with Crippen molar-refractivity contribution in [2.75, 3.05) is 12.4 Å². The lowest BCUT2D eigenvalue weighted by Gasteiger charge is -2.10. The Morgan fingerprint density at radius 1 is 1.12 bits per heavy atom. The van der Waals surface area contributed by atoms with Gasteiger partial charge in [0.25, 0.3) is 5.91 Å². The number of pyridine rings is 1. The molecule has 0 radical (unpaired) electrons. The van der Waals surface area contributed by atoms with Gasteiger partial charge in [0.2, 0.25) is 5.55 Å². The molecule has 0 fully saturated rings. The second kappa shape index (κ2) is 9.46. The van der Waals surface area contributed by atoms with E-state index in [9.17, 15) is 14.7 Å². The van der Waals surface area contributed by atoms with Crippen LogP contribution in [-0.2, 0) is 11.3 Å². The van der Waals surface area contributed by atoms with Gasteiger partial charge in [-0.25, -0.2) is 9.79 Å². The maximum atomic E-state index is 13.2. The van der Waals surface area contributed by atoms with Gasteiger partial charge in [0, 0.05) is 22.8 Å². The first-order chi connectivity index (χ1) is 16.0. The van der Waals surface area contributed by atoms with E-state index in [-0.39, 0.29) is 17.7 Å². The number of aromatic nitrogens is 1. The molecule has 0 saturated heterocycles. The summed E-state index contributed by atoms with van der Waals surface area (Å²) in [5.74, 6) is -0.926. The van der Waals surface area contributed by atoms with Gasteiger partial charge in [-0.3, -0.25) is 9.78 Å². The molecule has 2 N–H and O–H groups in total. The molecule has 0 aliphatic heterocycles. The van der Waals surface area contributed by atoms with E-state index in [1.54, 1.807) is 55.6 Å². The van der Waals surface area contributed by atoms with Crippen LogP contribution in [0.3, 0.4) is 0 Å². The summed E-state index contributed by atoms with van der Waals surface area (Å²) in [6, 6.07) is 17.1. The number of ether oxygens (including phenoxy) is 1. The summed E-state index contributed by atoms with van der Waals surface area (Å²) in [4.78, 5) is 33.7. The Kier molecular flexibility index (Phi) is 6.28. The number of hydrogen-bond donors (Lipinski definition) is 2. The summed E-state index contributed by atoms with van der Waals surface area (Å²) in [6.07, 6.45) is 1.55. The fourth-order valence-corrected chi connectivity index (χ4v) is 3.29. The Morgan fingerprint density at radius 2 is 1.85 bits per heavy atom. The molecule has 0 saturated carbocycles. The number of nitrogens with one attached hydrogen (secondary N) is 1. The molecule has 2 heterocycles. The lowest BCUT2D eigenvalue weighted by molar-refractivity contribution is 0.0600. The molecular weight excluding hydrogens is 422 g/mol. The predicted molar refractivity (Wildman–Crippen MR) is 122 cm³/mol. The van der Waals surface area contributed by atoms with Crippen LogP contribution in [0.25, 0.3) is 11.0 Å². The summed E-state index contributed by atoms with van der Waals surface area (Å²) in [6.45, 7) is 1.52. The monoisotopic (exact) mass is 443 g/mol. The third kappa shape index (κ3) is 4.65. The van der Waals surface area contributed by atoms with Gasteiger partial charge in [-0.05, 0) is 49.4 Å². The molecule has 8 nitrogen and oxygen atoms in total. The molecule has 4 rings (SSSR count). The van der Waals surface area contributed by atoms with Gasteiger partial charge in [0.05, 0.1) is 30.7 Å². The van der Waals surface area contributed by atoms with E-state index in [1.807, 2.05) is 18.2 Å². The molecule has 2 aromatic carbocycles. The first kappa shape index (κ1) is 21.9. The van der Waals surface area contributed by atoms with Crippen molar-refractivity contribution in [1.82, 2.24) is 4.98 Å². The summed E-state index contributed by atoms with van der Waals surface area (Å²) in [5, 5.41) is 13.1. The van der Waals surface area contributed by atoms with E-state index in [4.69, 9.17) is 9.15 Å². The normalized spacial score (nSPS) is 11.4. The average Bonchev–Trinajstić information content (AvgIpc) is 2.85. The number of aliphatic hydroxyl groups excluding tert-OH is 1. The number of benzene rings is 2. The standard InChI is InChI=1S/C25H21N3O5/c1-15-22-20(17(14-29)13-26-15)12-21(24(33-22)28-18-6-4-3-5-7-18)23(30)27-19-10-8-16(9-11-19)25(31)32-2/h3-13,29H,14H2,1-2H3,(H,27,30). The van der Waals surface area contributed by atoms with Crippen molar-refractivity contribution in [2.45, 2.75) is 13.5 Å². The number of methoxy groups -OCH3 is 1. The van der Waals surface area contributed by atoms with E-state index in [2.05, 4.69) is 15.3 Å². The van der Waals surface area contributed by atoms with Crippen molar-refractivity contribution < 1.29 is 23.8 Å². The molecule has 2 aromatic heterocycles. The molecule has 0 aliphatic carbocycles. The van der Waals surface area contributed by atoms with Crippen molar-refractivity contribution in [3.8, 4) is 0 Å². The van der Waals surface area contributed by atoms with Crippen LogP contribution < -0.4 is 10.9 Å². The first-order valence-corrected chi connectivity index (χ1v) is 10.1. The van der Waals surface area contributed by atoms with Crippen LogP contribution in [0.5, 0.6) is 0 Å². The predicted octanol–water partition coefficient (Wildman–Crippen LogP) is 3.90. The Hall–Kier alpha value is -4.30. The highest BCUT2D eigenvalue weighted by atomic mass is 16.5. The van der Waals surface area contributed by atoms with Gasteiger partial charge in [-0.2, -0.15) is 0 Å². The molecule has 166 valence electrons. The first-order valence-electron chi connectivity index (χ1n) is 10.1. The molecule has 0 atom stereocenters. The number of rotatable bonds is 5. The van der Waals surface area contributed by atoms with Crippen LogP contribution in [0.4, 0.5) is 11.4 Å². The fraction of sp³-hybridized carbons (Fsp3) is 0.120. The summed E-state index contributed by atoms with van der Waals surface area (Å²) >= 11 is 0. The maximum absolute atomic E-state index is 13.2. The maximum Gasteiger partial charge on any atom is 0.337 e. The smallest absolute Gasteiger partial charge is 0.337 e. The van der Waals surface area contributed by atoms with E-state index >= 15 is 0 Å². The number of carbonyl (C=O) groups is 2. The van der Waals surface area contributed by atoms with Gasteiger partial charge in [-0.15, -0.1) is 0 Å². The Bertz CT molecular complexity index is 1390. The number of nitrogens with zero attached hydrogens (tertiary/aromatic N) is 2. The third-order valence-electron chi connectivity index (χ3n) is 5.02. The quantitative estimate of drug-likeness (QED) is 0.452. The zero-order valence-electron chi connectivity index (χ0n) is 18.0. The molecule has 0 spiro atoms. The van der Waals surface area contributed by atoms with E-state index in [0.29, 0.717) is 39.2 Å². The van der Waals surface area contributed by atoms with Gasteiger partial charge in [0.15, 0.2) is 5.58 Å². The summed E-state index contributed by atoms with van der Waals surface area (Å²) in [5.41, 5.74) is 3.33. The van der Waals surface area contributed by atoms with Crippen molar-refractivity contribution in [3.63, 3.8) is 0 Å². The number of carbonyl (C=O) groups excluding carboxylic acids is 2. The molecule has 0 unspecified atom stereocenters. The summed E-state index contributed by atoms with van der Waals surface area (Å²) in [7, 11) is 1.30. The Labute approximate surface area is 189 Å².